The van der Waals surface area contributed by atoms with Crippen molar-refractivity contribution >= 4 is 11.8 Å². The molecule has 3 nitrogen and oxygen atoms in total. The summed E-state index contributed by atoms with van der Waals surface area (Å²) < 4.78 is 5.83. The van der Waals surface area contributed by atoms with E-state index in [-0.39, 0.29) is 0 Å². The number of hydrogen-bond donors (Lipinski definition) is 1. The summed E-state index contributed by atoms with van der Waals surface area (Å²) in [6.45, 7) is 1.18. The van der Waals surface area contributed by atoms with Crippen LogP contribution in [0.15, 0.2) is 24.3 Å². The molecular formula is C16H24N2OS. The van der Waals surface area contributed by atoms with Crippen molar-refractivity contribution < 1.29 is 4.74 Å². The number of ether oxygens (including phenoxy) is 1. The second kappa shape index (κ2) is 6.37. The van der Waals surface area contributed by atoms with Gasteiger partial charge in [-0.3, -0.25) is 4.90 Å². The summed E-state index contributed by atoms with van der Waals surface area (Å²) in [5.74, 6) is 3.46. The molecule has 1 aliphatic carbocycles. The van der Waals surface area contributed by atoms with Crippen LogP contribution in [0, 0.1) is 0 Å². The van der Waals surface area contributed by atoms with Crippen molar-refractivity contribution in [2.75, 3.05) is 32.1 Å². The molecule has 1 aliphatic heterocycles. The predicted molar refractivity (Wildman–Crippen MR) is 85.6 cm³/mol. The minimum atomic E-state index is 0.391. The molecule has 2 fully saturated rings. The molecule has 1 aromatic carbocycles. The normalized spacial score (nSPS) is 25.4. The largest absolute Gasteiger partial charge is 0.490 e. The van der Waals surface area contributed by atoms with Gasteiger partial charge in [0.2, 0.25) is 0 Å². The summed E-state index contributed by atoms with van der Waals surface area (Å²) in [5, 5.41) is 3.50. The molecule has 2 aliphatic rings. The Hall–Kier alpha value is -0.710. The van der Waals surface area contributed by atoms with Gasteiger partial charge in [0, 0.05) is 30.1 Å². The van der Waals surface area contributed by atoms with Crippen LogP contribution < -0.4 is 10.1 Å². The molecule has 0 bridgehead atoms. The van der Waals surface area contributed by atoms with Crippen LogP contribution in [-0.4, -0.2) is 49.2 Å². The monoisotopic (exact) mass is 292 g/mol. The molecule has 110 valence electrons. The van der Waals surface area contributed by atoms with Crippen LogP contribution in [-0.2, 0) is 0 Å². The van der Waals surface area contributed by atoms with E-state index in [1.807, 2.05) is 0 Å². The van der Waals surface area contributed by atoms with E-state index >= 15 is 0 Å². The average molecular weight is 292 g/mol. The first kappa shape index (κ1) is 14.2. The summed E-state index contributed by atoms with van der Waals surface area (Å²) in [7, 11) is 4.30. The van der Waals surface area contributed by atoms with Gasteiger partial charge in [-0.25, -0.2) is 0 Å². The molecule has 2 atom stereocenters. The van der Waals surface area contributed by atoms with E-state index in [1.165, 1.54) is 36.5 Å². The molecule has 1 saturated heterocycles. The van der Waals surface area contributed by atoms with Crippen LogP contribution >= 0.6 is 11.8 Å². The Bertz CT molecular complexity index is 433. The maximum Gasteiger partial charge on any atom is 0.119 e. The fraction of sp³-hybridized carbons (Fsp3) is 0.625. The Labute approximate surface area is 126 Å². The third-order valence-electron chi connectivity index (χ3n) is 4.21. The minimum Gasteiger partial charge on any atom is -0.490 e. The van der Waals surface area contributed by atoms with Crippen LogP contribution in [0.5, 0.6) is 5.75 Å². The van der Waals surface area contributed by atoms with Crippen molar-refractivity contribution in [3.63, 3.8) is 0 Å². The Morgan fingerprint density at radius 3 is 2.65 bits per heavy atom. The van der Waals surface area contributed by atoms with Crippen molar-refractivity contribution in [3.8, 4) is 5.75 Å². The molecule has 2 unspecified atom stereocenters. The quantitative estimate of drug-likeness (QED) is 0.901. The first-order valence-electron chi connectivity index (χ1n) is 7.50. The summed E-state index contributed by atoms with van der Waals surface area (Å²) in [4.78, 5) is 2.48. The Morgan fingerprint density at radius 1 is 1.30 bits per heavy atom. The standard InChI is InChI=1S/C16H24N2OS/c1-17-16(15-11-20-10-9-18(15)2)12-3-5-13(6-4-12)19-14-7-8-14/h3-6,14-17H,7-11H2,1-2H3. The molecule has 20 heavy (non-hydrogen) atoms. The summed E-state index contributed by atoms with van der Waals surface area (Å²) in [6.07, 6.45) is 2.90. The van der Waals surface area contributed by atoms with Gasteiger partial charge in [-0.2, -0.15) is 11.8 Å². The van der Waals surface area contributed by atoms with Crippen molar-refractivity contribution in [2.45, 2.75) is 31.0 Å². The van der Waals surface area contributed by atoms with Crippen LogP contribution in [0.1, 0.15) is 24.4 Å². The first-order chi connectivity index (χ1) is 9.78. The van der Waals surface area contributed by atoms with Crippen LogP contribution in [0.3, 0.4) is 0 Å². The van der Waals surface area contributed by atoms with Crippen molar-refractivity contribution in [1.29, 1.82) is 0 Å². The van der Waals surface area contributed by atoms with E-state index in [0.29, 0.717) is 18.2 Å². The third kappa shape index (κ3) is 3.30. The number of thioether (sulfide) groups is 1. The van der Waals surface area contributed by atoms with Gasteiger partial charge in [-0.15, -0.1) is 0 Å². The molecule has 1 N–H and O–H groups in total. The van der Waals surface area contributed by atoms with E-state index in [1.54, 1.807) is 0 Å². The molecule has 0 amide bonds. The predicted octanol–water partition coefficient (Wildman–Crippen LogP) is 2.54. The Kier molecular flexibility index (Phi) is 4.54. The lowest BCUT2D eigenvalue weighted by Gasteiger charge is -2.38. The van der Waals surface area contributed by atoms with Gasteiger partial charge in [0.15, 0.2) is 0 Å². The molecule has 0 aromatic heterocycles. The third-order valence-corrected chi connectivity index (χ3v) is 5.25. The number of benzene rings is 1. The van der Waals surface area contributed by atoms with Gasteiger partial charge in [-0.05, 0) is 44.6 Å². The lowest BCUT2D eigenvalue weighted by atomic mass is 9.99. The molecule has 1 aromatic rings. The number of nitrogens with one attached hydrogen (secondary N) is 1. The zero-order valence-corrected chi connectivity index (χ0v) is 13.2. The molecule has 0 spiro atoms. The zero-order valence-electron chi connectivity index (χ0n) is 12.3. The molecule has 1 heterocycles. The van der Waals surface area contributed by atoms with E-state index in [0.717, 1.165) is 5.75 Å². The second-order valence-corrected chi connectivity index (χ2v) is 6.93. The highest BCUT2D eigenvalue weighted by molar-refractivity contribution is 7.99. The number of likely N-dealkylation sites (N-methyl/N-ethyl adjacent to an activating group) is 2. The lowest BCUT2D eigenvalue weighted by Crippen LogP contribution is -2.47. The van der Waals surface area contributed by atoms with Crippen LogP contribution in [0.2, 0.25) is 0 Å². The number of hydrogen-bond acceptors (Lipinski definition) is 4. The summed E-state index contributed by atoms with van der Waals surface area (Å²) >= 11 is 2.06. The van der Waals surface area contributed by atoms with Crippen LogP contribution in [0.4, 0.5) is 0 Å². The SMILES string of the molecule is CNC(c1ccc(OC2CC2)cc1)C1CSCCN1C. The maximum absolute atomic E-state index is 5.83. The van der Waals surface area contributed by atoms with E-state index in [4.69, 9.17) is 4.74 Å². The van der Waals surface area contributed by atoms with Crippen molar-refractivity contribution in [3.05, 3.63) is 29.8 Å². The van der Waals surface area contributed by atoms with E-state index in [2.05, 4.69) is 60.3 Å². The highest BCUT2D eigenvalue weighted by Gasteiger charge is 2.28. The second-order valence-electron chi connectivity index (χ2n) is 5.78. The average Bonchev–Trinajstić information content (AvgIpc) is 3.27. The molecule has 0 radical (unpaired) electrons. The fourth-order valence-corrected chi connectivity index (χ4v) is 4.04. The van der Waals surface area contributed by atoms with E-state index in [9.17, 15) is 0 Å². The van der Waals surface area contributed by atoms with E-state index < -0.39 is 0 Å². The topological polar surface area (TPSA) is 24.5 Å². The molecule has 3 rings (SSSR count). The molecule has 1 saturated carbocycles. The van der Waals surface area contributed by atoms with Gasteiger partial charge < -0.3 is 10.1 Å². The summed E-state index contributed by atoms with van der Waals surface area (Å²) in [5.41, 5.74) is 1.36. The van der Waals surface area contributed by atoms with Crippen molar-refractivity contribution in [1.82, 2.24) is 10.2 Å². The first-order valence-corrected chi connectivity index (χ1v) is 8.65. The molecular weight excluding hydrogens is 268 g/mol. The van der Waals surface area contributed by atoms with Gasteiger partial charge >= 0.3 is 0 Å². The highest BCUT2D eigenvalue weighted by Crippen LogP contribution is 2.30. The van der Waals surface area contributed by atoms with Crippen molar-refractivity contribution in [2.24, 2.45) is 0 Å². The van der Waals surface area contributed by atoms with Crippen LogP contribution in [0.25, 0.3) is 0 Å². The molecule has 4 heteroatoms. The van der Waals surface area contributed by atoms with Gasteiger partial charge in [0.1, 0.15) is 5.75 Å². The smallest absolute Gasteiger partial charge is 0.119 e. The van der Waals surface area contributed by atoms with Gasteiger partial charge in [0.05, 0.1) is 6.10 Å². The van der Waals surface area contributed by atoms with Gasteiger partial charge in [-0.1, -0.05) is 12.1 Å². The number of rotatable bonds is 5. The zero-order chi connectivity index (χ0) is 13.9. The highest BCUT2D eigenvalue weighted by atomic mass is 32.2. The van der Waals surface area contributed by atoms with Gasteiger partial charge in [0.25, 0.3) is 0 Å². The maximum atomic E-state index is 5.83. The summed E-state index contributed by atoms with van der Waals surface area (Å²) in [6, 6.07) is 9.62. The fourth-order valence-electron chi connectivity index (χ4n) is 2.77. The minimum absolute atomic E-state index is 0.391. The Morgan fingerprint density at radius 2 is 2.05 bits per heavy atom. The number of nitrogens with zero attached hydrogens (tertiary/aromatic N) is 1. The Balaban J connectivity index is 1.70. The lowest BCUT2D eigenvalue weighted by molar-refractivity contribution is 0.221.